The molecule has 2 N–H and O–H groups in total. The number of fused-ring (bicyclic) bond motifs is 1. The summed E-state index contributed by atoms with van der Waals surface area (Å²) in [6.07, 6.45) is 1.26. The summed E-state index contributed by atoms with van der Waals surface area (Å²) in [6.45, 7) is 1.87. The fourth-order valence-electron chi connectivity index (χ4n) is 4.74. The Kier molecular flexibility index (Phi) is 6.14. The van der Waals surface area contributed by atoms with Gasteiger partial charge in [-0.15, -0.1) is 0 Å². The number of aryl methyl sites for hydroxylation is 1. The van der Waals surface area contributed by atoms with Crippen LogP contribution in [0.5, 0.6) is 5.75 Å². The van der Waals surface area contributed by atoms with Crippen molar-refractivity contribution in [2.75, 3.05) is 0 Å². The van der Waals surface area contributed by atoms with Crippen LogP contribution in [-0.4, -0.2) is 32.5 Å². The summed E-state index contributed by atoms with van der Waals surface area (Å²) in [6, 6.07) is 15.4. The Hall–Kier alpha value is -3.55. The van der Waals surface area contributed by atoms with Crippen molar-refractivity contribution in [3.63, 3.8) is 0 Å². The van der Waals surface area contributed by atoms with E-state index in [9.17, 15) is 19.1 Å². The normalized spacial score (nSPS) is 19.7. The van der Waals surface area contributed by atoms with Gasteiger partial charge in [0.15, 0.2) is 0 Å². The second kappa shape index (κ2) is 9.15. The van der Waals surface area contributed by atoms with Crippen molar-refractivity contribution in [1.82, 2.24) is 9.88 Å². The SMILES string of the molecule is Cc1ccc(OC2(C(=O)O)CC(=O)N(Cc3ccc(Cl)c(F)c3)C2c2c[nH]c3cc(Cl)ccc23)cc1. The van der Waals surface area contributed by atoms with Crippen molar-refractivity contribution in [3.05, 3.63) is 99.4 Å². The van der Waals surface area contributed by atoms with E-state index in [1.54, 1.807) is 54.7 Å². The molecule has 1 aliphatic heterocycles. The smallest absolute Gasteiger partial charge is 0.351 e. The van der Waals surface area contributed by atoms with Crippen LogP contribution in [0.25, 0.3) is 10.9 Å². The minimum Gasteiger partial charge on any atom is -0.478 e. The minimum atomic E-state index is -1.94. The Morgan fingerprint density at radius 3 is 2.61 bits per heavy atom. The highest BCUT2D eigenvalue weighted by atomic mass is 35.5. The average Bonchev–Trinajstić information content (AvgIpc) is 3.36. The van der Waals surface area contributed by atoms with Crippen molar-refractivity contribution in [2.45, 2.75) is 31.5 Å². The summed E-state index contributed by atoms with van der Waals surface area (Å²) in [5.41, 5.74) is 0.743. The molecule has 36 heavy (non-hydrogen) atoms. The number of ether oxygens (including phenoxy) is 1. The van der Waals surface area contributed by atoms with Crippen LogP contribution in [0.2, 0.25) is 10.0 Å². The summed E-state index contributed by atoms with van der Waals surface area (Å²) in [5.74, 6) is -2.02. The molecule has 0 radical (unpaired) electrons. The van der Waals surface area contributed by atoms with E-state index >= 15 is 0 Å². The van der Waals surface area contributed by atoms with Gasteiger partial charge in [-0.25, -0.2) is 9.18 Å². The van der Waals surface area contributed by atoms with Gasteiger partial charge in [0.25, 0.3) is 0 Å². The van der Waals surface area contributed by atoms with Crippen LogP contribution in [0.3, 0.4) is 0 Å². The summed E-state index contributed by atoms with van der Waals surface area (Å²) in [4.78, 5) is 30.9. The predicted octanol–water partition coefficient (Wildman–Crippen LogP) is 6.30. The highest BCUT2D eigenvalue weighted by molar-refractivity contribution is 6.31. The minimum absolute atomic E-state index is 0.0376. The number of benzene rings is 3. The number of hydrogen-bond acceptors (Lipinski definition) is 3. The number of nitrogens with one attached hydrogen (secondary N) is 1. The topological polar surface area (TPSA) is 82.6 Å². The second-order valence-corrected chi connectivity index (χ2v) is 9.74. The molecule has 6 nitrogen and oxygen atoms in total. The first-order valence-electron chi connectivity index (χ1n) is 11.2. The molecule has 2 heterocycles. The Bertz CT molecular complexity index is 1490. The number of likely N-dealkylation sites (tertiary alicyclic amines) is 1. The van der Waals surface area contributed by atoms with E-state index in [1.165, 1.54) is 17.0 Å². The van der Waals surface area contributed by atoms with Gasteiger partial charge in [0.1, 0.15) is 17.6 Å². The number of aromatic nitrogens is 1. The lowest BCUT2D eigenvalue weighted by Crippen LogP contribution is -2.49. The largest absolute Gasteiger partial charge is 0.478 e. The van der Waals surface area contributed by atoms with Crippen molar-refractivity contribution in [3.8, 4) is 5.75 Å². The van der Waals surface area contributed by atoms with Crippen LogP contribution in [-0.2, 0) is 16.1 Å². The number of hydrogen-bond donors (Lipinski definition) is 2. The lowest BCUT2D eigenvalue weighted by Gasteiger charge is -2.35. The monoisotopic (exact) mass is 526 g/mol. The molecule has 1 aromatic heterocycles. The third-order valence-corrected chi connectivity index (χ3v) is 7.02. The Balaban J connectivity index is 1.67. The summed E-state index contributed by atoms with van der Waals surface area (Å²) >= 11 is 12.0. The highest BCUT2D eigenvalue weighted by Gasteiger charge is 2.60. The van der Waals surface area contributed by atoms with Gasteiger partial charge in [0.2, 0.25) is 11.5 Å². The number of rotatable bonds is 6. The van der Waals surface area contributed by atoms with Crippen molar-refractivity contribution in [2.24, 2.45) is 0 Å². The zero-order chi connectivity index (χ0) is 25.6. The molecular weight excluding hydrogens is 506 g/mol. The molecule has 0 bridgehead atoms. The van der Waals surface area contributed by atoms with Gasteiger partial charge in [-0.3, -0.25) is 4.79 Å². The molecular formula is C27H21Cl2FN2O4. The molecule has 0 saturated carbocycles. The summed E-state index contributed by atoms with van der Waals surface area (Å²) < 4.78 is 20.4. The van der Waals surface area contributed by atoms with Crippen LogP contribution in [0.15, 0.2) is 66.9 Å². The zero-order valence-corrected chi connectivity index (χ0v) is 20.6. The van der Waals surface area contributed by atoms with Gasteiger partial charge < -0.3 is 19.7 Å². The third-order valence-electron chi connectivity index (χ3n) is 6.48. The molecule has 4 aromatic rings. The lowest BCUT2D eigenvalue weighted by molar-refractivity contribution is -0.158. The van der Waals surface area contributed by atoms with E-state index in [1.807, 2.05) is 6.92 Å². The van der Waals surface area contributed by atoms with Gasteiger partial charge in [-0.05, 0) is 48.9 Å². The van der Waals surface area contributed by atoms with Gasteiger partial charge in [0, 0.05) is 34.2 Å². The molecule has 1 saturated heterocycles. The lowest BCUT2D eigenvalue weighted by atomic mass is 9.88. The van der Waals surface area contributed by atoms with Crippen LogP contribution < -0.4 is 4.74 Å². The van der Waals surface area contributed by atoms with Gasteiger partial charge in [-0.1, -0.05) is 53.0 Å². The Labute approximate surface area is 216 Å². The zero-order valence-electron chi connectivity index (χ0n) is 19.1. The Morgan fingerprint density at radius 1 is 1.17 bits per heavy atom. The Morgan fingerprint density at radius 2 is 1.92 bits per heavy atom. The highest BCUT2D eigenvalue weighted by Crippen LogP contribution is 2.47. The number of carbonyl (C=O) groups is 2. The van der Waals surface area contributed by atoms with Gasteiger partial charge in [0.05, 0.1) is 11.4 Å². The molecule has 2 atom stereocenters. The number of nitrogens with zero attached hydrogens (tertiary/aromatic N) is 1. The van der Waals surface area contributed by atoms with Crippen LogP contribution in [0.1, 0.15) is 29.2 Å². The van der Waals surface area contributed by atoms with Crippen molar-refractivity contribution >= 4 is 46.0 Å². The van der Waals surface area contributed by atoms with Crippen LogP contribution in [0.4, 0.5) is 4.39 Å². The first-order valence-corrected chi connectivity index (χ1v) is 11.9. The maximum absolute atomic E-state index is 14.2. The fourth-order valence-corrected chi connectivity index (χ4v) is 5.03. The van der Waals surface area contributed by atoms with E-state index < -0.39 is 35.8 Å². The number of carbonyl (C=O) groups excluding carboxylic acids is 1. The van der Waals surface area contributed by atoms with E-state index in [0.717, 1.165) is 5.56 Å². The number of aromatic amines is 1. The number of halogens is 3. The molecule has 3 aromatic carbocycles. The first-order chi connectivity index (χ1) is 17.2. The molecule has 1 aliphatic rings. The summed E-state index contributed by atoms with van der Waals surface area (Å²) in [5, 5.41) is 11.7. The third kappa shape index (κ3) is 4.18. The molecule has 1 fully saturated rings. The van der Waals surface area contributed by atoms with E-state index in [-0.39, 0.29) is 11.6 Å². The summed E-state index contributed by atoms with van der Waals surface area (Å²) in [7, 11) is 0. The average molecular weight is 527 g/mol. The van der Waals surface area contributed by atoms with Crippen LogP contribution >= 0.6 is 23.2 Å². The number of H-pyrrole nitrogens is 1. The number of aliphatic carboxylic acids is 1. The maximum Gasteiger partial charge on any atom is 0.351 e. The van der Waals surface area contributed by atoms with E-state index in [0.29, 0.717) is 32.8 Å². The quantitative estimate of drug-likeness (QED) is 0.309. The fraction of sp³-hybridized carbons (Fsp3) is 0.185. The predicted molar refractivity (Wildman–Crippen MR) is 135 cm³/mol. The molecule has 184 valence electrons. The van der Waals surface area contributed by atoms with Gasteiger partial charge >= 0.3 is 5.97 Å². The maximum atomic E-state index is 14.2. The van der Waals surface area contributed by atoms with Crippen molar-refractivity contribution in [1.29, 1.82) is 0 Å². The number of carboxylic acids is 1. The standard InChI is InChI=1S/C27H21Cl2FN2O4/c1-15-2-6-18(7-3-15)36-27(26(34)35)12-24(33)32(14-16-4-9-21(29)22(30)10-16)25(27)20-13-31-23-11-17(28)5-8-19(20)23/h2-11,13,25,31H,12,14H2,1H3,(H,34,35). The second-order valence-electron chi connectivity index (χ2n) is 8.89. The van der Waals surface area contributed by atoms with E-state index in [4.69, 9.17) is 27.9 Å². The van der Waals surface area contributed by atoms with E-state index in [2.05, 4.69) is 4.98 Å². The molecule has 0 aliphatic carbocycles. The molecule has 1 amide bonds. The number of amides is 1. The van der Waals surface area contributed by atoms with Gasteiger partial charge in [-0.2, -0.15) is 0 Å². The molecule has 5 rings (SSSR count). The molecule has 0 spiro atoms. The van der Waals surface area contributed by atoms with Crippen LogP contribution in [0, 0.1) is 12.7 Å². The first kappa shape index (κ1) is 24.2. The number of carboxylic acid groups (broad SMARTS) is 1. The molecule has 2 unspecified atom stereocenters. The van der Waals surface area contributed by atoms with Crippen molar-refractivity contribution < 1.29 is 23.8 Å². The molecule has 9 heteroatoms.